The van der Waals surface area contributed by atoms with Crippen molar-refractivity contribution in [1.82, 2.24) is 9.99 Å². The van der Waals surface area contributed by atoms with E-state index in [0.29, 0.717) is 5.02 Å². The first-order valence-electron chi connectivity index (χ1n) is 9.37. The van der Waals surface area contributed by atoms with Gasteiger partial charge in [-0.1, -0.05) is 72.3 Å². The third-order valence-electron chi connectivity index (χ3n) is 4.69. The molecule has 5 heteroatoms. The molecule has 4 aromatic rings. The average molecular weight is 402 g/mol. The summed E-state index contributed by atoms with van der Waals surface area (Å²) < 4.78 is 2.20. The van der Waals surface area contributed by atoms with E-state index in [4.69, 9.17) is 11.6 Å². The molecule has 3 aromatic carbocycles. The number of hydrogen-bond acceptors (Lipinski definition) is 2. The summed E-state index contributed by atoms with van der Waals surface area (Å²) in [6.07, 6.45) is 4.01. The highest BCUT2D eigenvalue weighted by molar-refractivity contribution is 6.30. The predicted octanol–water partition coefficient (Wildman–Crippen LogP) is 5.04. The first-order chi connectivity index (χ1) is 14.2. The van der Waals surface area contributed by atoms with Crippen molar-refractivity contribution in [2.45, 2.75) is 13.0 Å². The maximum absolute atomic E-state index is 12.1. The van der Waals surface area contributed by atoms with Gasteiger partial charge in [-0.05, 0) is 29.3 Å². The molecular weight excluding hydrogens is 382 g/mol. The van der Waals surface area contributed by atoms with Crippen molar-refractivity contribution in [2.24, 2.45) is 5.10 Å². The highest BCUT2D eigenvalue weighted by Crippen LogP contribution is 2.21. The van der Waals surface area contributed by atoms with Crippen LogP contribution in [0.3, 0.4) is 0 Å². The van der Waals surface area contributed by atoms with Gasteiger partial charge in [0.1, 0.15) is 0 Å². The van der Waals surface area contributed by atoms with E-state index >= 15 is 0 Å². The quantitative estimate of drug-likeness (QED) is 0.357. The number of halogens is 1. The maximum Gasteiger partial charge on any atom is 0.244 e. The number of nitrogens with one attached hydrogen (secondary N) is 1. The lowest BCUT2D eigenvalue weighted by Crippen LogP contribution is -2.19. The van der Waals surface area contributed by atoms with Crippen LogP contribution in [0.2, 0.25) is 5.02 Å². The maximum atomic E-state index is 12.1. The number of aromatic nitrogens is 1. The monoisotopic (exact) mass is 401 g/mol. The van der Waals surface area contributed by atoms with E-state index in [9.17, 15) is 4.79 Å². The Bertz CT molecular complexity index is 1150. The molecule has 144 valence electrons. The third-order valence-corrected chi connectivity index (χ3v) is 4.94. The summed E-state index contributed by atoms with van der Waals surface area (Å²) in [5.41, 5.74) is 6.82. The Morgan fingerprint density at radius 2 is 1.66 bits per heavy atom. The number of benzene rings is 3. The lowest BCUT2D eigenvalue weighted by Gasteiger charge is -2.05. The lowest BCUT2D eigenvalue weighted by atomic mass is 10.1. The first-order valence-corrected chi connectivity index (χ1v) is 9.75. The van der Waals surface area contributed by atoms with Crippen LogP contribution < -0.4 is 5.43 Å². The summed E-state index contributed by atoms with van der Waals surface area (Å²) in [6, 6.07) is 25.7. The molecule has 1 amide bonds. The van der Waals surface area contributed by atoms with Crippen LogP contribution >= 0.6 is 11.6 Å². The summed E-state index contributed by atoms with van der Waals surface area (Å²) in [7, 11) is 0. The van der Waals surface area contributed by atoms with Crippen LogP contribution in [0.4, 0.5) is 0 Å². The van der Waals surface area contributed by atoms with Gasteiger partial charge in [0, 0.05) is 34.2 Å². The van der Waals surface area contributed by atoms with E-state index in [1.54, 1.807) is 18.3 Å². The Balaban J connectivity index is 1.48. The highest BCUT2D eigenvalue weighted by Gasteiger charge is 2.07. The molecule has 0 spiro atoms. The summed E-state index contributed by atoms with van der Waals surface area (Å²) in [6.45, 7) is 0.776. The zero-order valence-electron chi connectivity index (χ0n) is 15.8. The Kier molecular flexibility index (Phi) is 5.73. The summed E-state index contributed by atoms with van der Waals surface area (Å²) in [5, 5.41) is 5.91. The van der Waals surface area contributed by atoms with Crippen molar-refractivity contribution in [2.75, 3.05) is 0 Å². The van der Waals surface area contributed by atoms with Crippen LogP contribution in [0, 0.1) is 0 Å². The number of fused-ring (bicyclic) bond motifs is 1. The number of amides is 1. The standard InChI is InChI=1S/C24H20ClN3O/c25-21-12-10-18(11-13-21)14-24(29)27-26-15-20-17-28(16-19-6-2-1-3-7-19)23-9-5-4-8-22(20)23/h1-13,15,17H,14,16H2,(H,27,29)/b26-15+. The summed E-state index contributed by atoms with van der Waals surface area (Å²) >= 11 is 5.87. The van der Waals surface area contributed by atoms with Crippen molar-refractivity contribution >= 4 is 34.6 Å². The molecule has 0 aliphatic carbocycles. The SMILES string of the molecule is O=C(Cc1ccc(Cl)cc1)N/N=C/c1cn(Cc2ccccc2)c2ccccc12. The van der Waals surface area contributed by atoms with Crippen LogP contribution in [0.25, 0.3) is 10.9 Å². The lowest BCUT2D eigenvalue weighted by molar-refractivity contribution is -0.120. The molecule has 0 radical (unpaired) electrons. The van der Waals surface area contributed by atoms with Crippen LogP contribution in [0.1, 0.15) is 16.7 Å². The fourth-order valence-electron chi connectivity index (χ4n) is 3.29. The van der Waals surface area contributed by atoms with E-state index in [2.05, 4.69) is 45.6 Å². The Hall–Kier alpha value is -3.37. The van der Waals surface area contributed by atoms with Gasteiger partial charge in [-0.15, -0.1) is 0 Å². The largest absolute Gasteiger partial charge is 0.342 e. The van der Waals surface area contributed by atoms with Gasteiger partial charge < -0.3 is 4.57 Å². The van der Waals surface area contributed by atoms with Gasteiger partial charge >= 0.3 is 0 Å². The van der Waals surface area contributed by atoms with Gasteiger partial charge in [-0.3, -0.25) is 4.79 Å². The van der Waals surface area contributed by atoms with Crippen LogP contribution in [0.5, 0.6) is 0 Å². The van der Waals surface area contributed by atoms with Crippen molar-refractivity contribution in [3.63, 3.8) is 0 Å². The fourth-order valence-corrected chi connectivity index (χ4v) is 3.42. The van der Waals surface area contributed by atoms with E-state index in [0.717, 1.165) is 28.6 Å². The fraction of sp³-hybridized carbons (Fsp3) is 0.0833. The molecule has 0 atom stereocenters. The van der Waals surface area contributed by atoms with E-state index in [1.807, 2.05) is 42.5 Å². The van der Waals surface area contributed by atoms with Gasteiger partial charge in [0.25, 0.3) is 0 Å². The number of rotatable bonds is 6. The molecule has 4 nitrogen and oxygen atoms in total. The summed E-state index contributed by atoms with van der Waals surface area (Å²) in [5.74, 6) is -0.170. The van der Waals surface area contributed by atoms with Crippen molar-refractivity contribution in [3.8, 4) is 0 Å². The number of carbonyl (C=O) groups is 1. The third kappa shape index (κ3) is 4.73. The Labute approximate surface area is 174 Å². The molecule has 1 heterocycles. The Morgan fingerprint density at radius 1 is 0.931 bits per heavy atom. The van der Waals surface area contributed by atoms with E-state index < -0.39 is 0 Å². The van der Waals surface area contributed by atoms with Crippen LogP contribution in [-0.4, -0.2) is 16.7 Å². The van der Waals surface area contributed by atoms with Crippen molar-refractivity contribution < 1.29 is 4.79 Å². The van der Waals surface area contributed by atoms with Gasteiger partial charge in [0.15, 0.2) is 0 Å². The number of hydrazone groups is 1. The van der Waals surface area contributed by atoms with Gasteiger partial charge in [0.2, 0.25) is 5.91 Å². The molecule has 4 rings (SSSR count). The molecule has 0 unspecified atom stereocenters. The number of nitrogens with zero attached hydrogens (tertiary/aromatic N) is 2. The predicted molar refractivity (Wildman–Crippen MR) is 118 cm³/mol. The van der Waals surface area contributed by atoms with Crippen molar-refractivity contribution in [1.29, 1.82) is 0 Å². The topological polar surface area (TPSA) is 46.4 Å². The first kappa shape index (κ1) is 19.0. The van der Waals surface area contributed by atoms with Gasteiger partial charge in [-0.2, -0.15) is 5.10 Å². The Morgan fingerprint density at radius 3 is 2.45 bits per heavy atom. The normalized spacial score (nSPS) is 11.2. The second-order valence-electron chi connectivity index (χ2n) is 6.81. The zero-order chi connectivity index (χ0) is 20.1. The van der Waals surface area contributed by atoms with E-state index in [1.165, 1.54) is 5.56 Å². The molecule has 1 N–H and O–H groups in total. The minimum Gasteiger partial charge on any atom is -0.342 e. The number of hydrogen-bond donors (Lipinski definition) is 1. The molecule has 0 saturated heterocycles. The number of carbonyl (C=O) groups excluding carboxylic acids is 1. The average Bonchev–Trinajstić information content (AvgIpc) is 3.08. The molecule has 0 saturated carbocycles. The minimum atomic E-state index is -0.170. The molecule has 0 aliphatic heterocycles. The second kappa shape index (κ2) is 8.76. The molecule has 0 fully saturated rings. The number of para-hydroxylation sites is 1. The molecule has 0 bridgehead atoms. The minimum absolute atomic E-state index is 0.170. The molecule has 0 aliphatic rings. The van der Waals surface area contributed by atoms with E-state index in [-0.39, 0.29) is 12.3 Å². The smallest absolute Gasteiger partial charge is 0.244 e. The molecule has 1 aromatic heterocycles. The van der Waals surface area contributed by atoms with Crippen LogP contribution in [-0.2, 0) is 17.8 Å². The van der Waals surface area contributed by atoms with Crippen molar-refractivity contribution in [3.05, 3.63) is 107 Å². The second-order valence-corrected chi connectivity index (χ2v) is 7.25. The van der Waals surface area contributed by atoms with Gasteiger partial charge in [-0.25, -0.2) is 5.43 Å². The summed E-state index contributed by atoms with van der Waals surface area (Å²) in [4.78, 5) is 12.1. The highest BCUT2D eigenvalue weighted by atomic mass is 35.5. The molecule has 29 heavy (non-hydrogen) atoms. The zero-order valence-corrected chi connectivity index (χ0v) is 16.5. The molecular formula is C24H20ClN3O. The van der Waals surface area contributed by atoms with Gasteiger partial charge in [0.05, 0.1) is 12.6 Å². The van der Waals surface area contributed by atoms with Crippen LogP contribution in [0.15, 0.2) is 90.2 Å².